The highest BCUT2D eigenvalue weighted by atomic mass is 35.5. The number of ether oxygens (including phenoxy) is 1. The van der Waals surface area contributed by atoms with Crippen molar-refractivity contribution in [2.75, 3.05) is 43.9 Å². The van der Waals surface area contributed by atoms with Gasteiger partial charge in [0.1, 0.15) is 18.2 Å². The summed E-state index contributed by atoms with van der Waals surface area (Å²) in [6.45, 7) is 4.07. The molecule has 2 atom stereocenters. The zero-order valence-electron chi connectivity index (χ0n) is 22.4. The lowest BCUT2D eigenvalue weighted by Gasteiger charge is -2.33. The second kappa shape index (κ2) is 11.3. The number of fused-ring (bicyclic) bond motifs is 1. The third-order valence-electron chi connectivity index (χ3n) is 7.79. The van der Waals surface area contributed by atoms with Crippen molar-refractivity contribution in [1.29, 1.82) is 5.26 Å². The van der Waals surface area contributed by atoms with Crippen LogP contribution in [-0.2, 0) is 6.18 Å². The van der Waals surface area contributed by atoms with Gasteiger partial charge >= 0.3 is 12.2 Å². The number of aromatic nitrogens is 3. The van der Waals surface area contributed by atoms with Gasteiger partial charge in [0, 0.05) is 36.5 Å². The molecule has 212 valence electrons. The normalized spacial score (nSPS) is 20.2. The quantitative estimate of drug-likeness (QED) is 0.391. The second-order valence-corrected chi connectivity index (χ2v) is 11.1. The van der Waals surface area contributed by atoms with Gasteiger partial charge in [0.05, 0.1) is 27.9 Å². The van der Waals surface area contributed by atoms with Crippen LogP contribution in [0, 0.1) is 24.2 Å². The first-order valence-electron chi connectivity index (χ1n) is 13.4. The van der Waals surface area contributed by atoms with Crippen molar-refractivity contribution in [3.63, 3.8) is 0 Å². The van der Waals surface area contributed by atoms with Crippen molar-refractivity contribution in [2.24, 2.45) is 5.92 Å². The van der Waals surface area contributed by atoms with E-state index >= 15 is 0 Å². The van der Waals surface area contributed by atoms with Gasteiger partial charge in [-0.05, 0) is 75.9 Å². The Morgan fingerprint density at radius 3 is 2.62 bits per heavy atom. The van der Waals surface area contributed by atoms with Crippen LogP contribution >= 0.6 is 11.6 Å². The molecular weight excluding hydrogens is 543 g/mol. The largest absolute Gasteiger partial charge is 0.462 e. The second-order valence-electron chi connectivity index (χ2n) is 10.7. The number of benzene rings is 1. The van der Waals surface area contributed by atoms with E-state index in [0.717, 1.165) is 32.2 Å². The molecule has 2 saturated heterocycles. The van der Waals surface area contributed by atoms with Crippen molar-refractivity contribution in [3.05, 3.63) is 34.3 Å². The summed E-state index contributed by atoms with van der Waals surface area (Å²) in [6, 6.07) is 6.92. The summed E-state index contributed by atoms with van der Waals surface area (Å²) in [5.41, 5.74) is 5.04. The number of hydrogen-bond acceptors (Lipinski definition) is 8. The van der Waals surface area contributed by atoms with E-state index in [2.05, 4.69) is 25.8 Å². The molecule has 0 radical (unpaired) electrons. The van der Waals surface area contributed by atoms with Crippen LogP contribution in [0.3, 0.4) is 0 Å². The average Bonchev–Trinajstić information content (AvgIpc) is 3.30. The minimum Gasteiger partial charge on any atom is -0.462 e. The maximum atomic E-state index is 14.1. The fourth-order valence-corrected chi connectivity index (χ4v) is 6.02. The van der Waals surface area contributed by atoms with E-state index < -0.39 is 11.7 Å². The number of halogens is 4. The molecule has 0 amide bonds. The molecule has 4 heterocycles. The van der Waals surface area contributed by atoms with Crippen molar-refractivity contribution < 1.29 is 17.9 Å². The van der Waals surface area contributed by atoms with Gasteiger partial charge in [-0.3, -0.25) is 0 Å². The zero-order valence-corrected chi connectivity index (χ0v) is 23.2. The number of nitrogen functional groups attached to an aromatic ring is 1. The van der Waals surface area contributed by atoms with Gasteiger partial charge in [-0.1, -0.05) is 11.6 Å². The summed E-state index contributed by atoms with van der Waals surface area (Å²) in [7, 11) is 2.05. The number of likely N-dealkylation sites (N-methyl/N-ethyl adjacent to an activating group) is 1. The average molecular weight is 574 g/mol. The zero-order chi connectivity index (χ0) is 28.6. The smallest absolute Gasteiger partial charge is 0.418 e. The number of nitriles is 1. The van der Waals surface area contributed by atoms with Gasteiger partial charge in [-0.15, -0.1) is 0 Å². The van der Waals surface area contributed by atoms with E-state index in [0.29, 0.717) is 42.8 Å². The molecule has 0 spiro atoms. The Labute approximate surface area is 235 Å². The minimum atomic E-state index is -4.67. The molecule has 40 heavy (non-hydrogen) atoms. The maximum absolute atomic E-state index is 14.1. The van der Waals surface area contributed by atoms with E-state index in [1.807, 2.05) is 7.05 Å². The topological polar surface area (TPSA) is 104 Å². The fourth-order valence-electron chi connectivity index (χ4n) is 5.76. The minimum absolute atomic E-state index is 0.0402. The first kappa shape index (κ1) is 28.2. The Morgan fingerprint density at radius 2 is 1.93 bits per heavy atom. The monoisotopic (exact) mass is 573 g/mol. The SMILES string of the molecule is Cc1cc(N)nc(-c2cc3nc(OC[C@@H]4CCCN4C)nc(N4CCCC(CC#N)C4)c3cc2Cl)c1C(F)(F)F. The molecule has 0 aliphatic carbocycles. The Hall–Kier alpha value is -3.36. The van der Waals surface area contributed by atoms with Gasteiger partial charge in [0.25, 0.3) is 0 Å². The maximum Gasteiger partial charge on any atom is 0.418 e. The third-order valence-corrected chi connectivity index (χ3v) is 8.11. The van der Waals surface area contributed by atoms with Gasteiger partial charge < -0.3 is 20.3 Å². The predicted molar refractivity (Wildman–Crippen MR) is 148 cm³/mol. The van der Waals surface area contributed by atoms with Crippen molar-refractivity contribution in [1.82, 2.24) is 19.9 Å². The molecule has 0 saturated carbocycles. The first-order valence-corrected chi connectivity index (χ1v) is 13.7. The third kappa shape index (κ3) is 5.74. The number of likely N-dealkylation sites (tertiary alicyclic amines) is 1. The fraction of sp³-hybridized carbons (Fsp3) is 0.500. The van der Waals surface area contributed by atoms with Gasteiger partial charge in [0.15, 0.2) is 0 Å². The Bertz CT molecular complexity index is 1460. The summed E-state index contributed by atoms with van der Waals surface area (Å²) >= 11 is 6.65. The molecule has 3 aromatic rings. The molecular formula is C28H31ClF3N7O. The van der Waals surface area contributed by atoms with Crippen LogP contribution in [0.2, 0.25) is 5.02 Å². The molecule has 12 heteroatoms. The number of hydrogen-bond donors (Lipinski definition) is 1. The lowest BCUT2D eigenvalue weighted by molar-refractivity contribution is -0.137. The van der Waals surface area contributed by atoms with Crippen LogP contribution in [0.25, 0.3) is 22.2 Å². The molecule has 2 N–H and O–H groups in total. The summed E-state index contributed by atoms with van der Waals surface area (Å²) in [5.74, 6) is 0.731. The summed E-state index contributed by atoms with van der Waals surface area (Å²) < 4.78 is 48.4. The highest BCUT2D eigenvalue weighted by Gasteiger charge is 2.37. The van der Waals surface area contributed by atoms with Crippen LogP contribution in [-0.4, -0.2) is 59.2 Å². The van der Waals surface area contributed by atoms with Crippen LogP contribution in [0.15, 0.2) is 18.2 Å². The Balaban J connectivity index is 1.64. The summed E-state index contributed by atoms with van der Waals surface area (Å²) in [5, 5.41) is 9.91. The highest BCUT2D eigenvalue weighted by molar-refractivity contribution is 6.34. The molecule has 2 aromatic heterocycles. The molecule has 2 aliphatic heterocycles. The van der Waals surface area contributed by atoms with E-state index in [-0.39, 0.29) is 45.6 Å². The molecule has 0 bridgehead atoms. The Morgan fingerprint density at radius 1 is 1.15 bits per heavy atom. The van der Waals surface area contributed by atoms with Crippen molar-refractivity contribution in [2.45, 2.75) is 51.2 Å². The predicted octanol–water partition coefficient (Wildman–Crippen LogP) is 5.86. The first-order chi connectivity index (χ1) is 19.0. The number of alkyl halides is 3. The van der Waals surface area contributed by atoms with Gasteiger partial charge in [-0.2, -0.15) is 28.4 Å². The van der Waals surface area contributed by atoms with Crippen LogP contribution in [0.4, 0.5) is 24.8 Å². The van der Waals surface area contributed by atoms with Gasteiger partial charge in [0.2, 0.25) is 0 Å². The van der Waals surface area contributed by atoms with Crippen molar-refractivity contribution >= 4 is 34.1 Å². The number of aryl methyl sites for hydroxylation is 1. The van der Waals surface area contributed by atoms with E-state index in [4.69, 9.17) is 27.1 Å². The van der Waals surface area contributed by atoms with Gasteiger partial charge in [-0.25, -0.2) is 4.98 Å². The molecule has 1 aromatic carbocycles. The number of piperidine rings is 1. The number of rotatable bonds is 6. The standard InChI is InChI=1S/C28H31ClF3N7O/c1-16-11-23(34)36-25(24(16)28(30,31)32)19-13-22-20(12-21(19)29)26(39-10-3-5-17(14-39)7-8-33)37-27(35-22)40-15-18-6-4-9-38(18)2/h11-13,17-18H,3-7,9-10,14-15H2,1-2H3,(H2,34,36)/t17?,18-/m0/s1. The number of pyridine rings is 1. The van der Waals surface area contributed by atoms with E-state index in [1.54, 1.807) is 6.07 Å². The lowest BCUT2D eigenvalue weighted by Crippen LogP contribution is -2.36. The Kier molecular flexibility index (Phi) is 7.93. The molecule has 2 fully saturated rings. The van der Waals surface area contributed by atoms with Crippen LogP contribution < -0.4 is 15.4 Å². The summed E-state index contributed by atoms with van der Waals surface area (Å²) in [6.07, 6.45) is -0.329. The molecule has 1 unspecified atom stereocenters. The number of nitrogens with two attached hydrogens (primary N) is 1. The van der Waals surface area contributed by atoms with Crippen LogP contribution in [0.5, 0.6) is 6.01 Å². The molecule has 5 rings (SSSR count). The van der Waals surface area contributed by atoms with Crippen LogP contribution in [0.1, 0.15) is 43.2 Å². The van der Waals surface area contributed by atoms with Crippen molar-refractivity contribution in [3.8, 4) is 23.3 Å². The summed E-state index contributed by atoms with van der Waals surface area (Å²) in [4.78, 5) is 17.7. The molecule has 8 nitrogen and oxygen atoms in total. The van der Waals surface area contributed by atoms with E-state index in [9.17, 15) is 18.4 Å². The highest BCUT2D eigenvalue weighted by Crippen LogP contribution is 2.43. The number of nitrogens with zero attached hydrogens (tertiary/aromatic N) is 6. The lowest BCUT2D eigenvalue weighted by atomic mass is 9.95. The van der Waals surface area contributed by atoms with E-state index in [1.165, 1.54) is 19.1 Å². The molecule has 2 aliphatic rings. The number of anilines is 2.